The number of hydrogen-bond acceptors (Lipinski definition) is 3. The van der Waals surface area contributed by atoms with Crippen molar-refractivity contribution in [1.82, 2.24) is 0 Å². The van der Waals surface area contributed by atoms with Crippen molar-refractivity contribution >= 4 is 11.9 Å². The standard InChI is InChI=1S/C14H26O3/c1-4-5-6-7-8-9-13(15)17-14(16)11-10-12(2)3/h12H,4-11H2,1-3H3. The van der Waals surface area contributed by atoms with Crippen LogP contribution in [0.4, 0.5) is 0 Å². The Labute approximate surface area is 105 Å². The number of ether oxygens (including phenoxy) is 1. The summed E-state index contributed by atoms with van der Waals surface area (Å²) in [7, 11) is 0. The lowest BCUT2D eigenvalue weighted by molar-refractivity contribution is -0.159. The summed E-state index contributed by atoms with van der Waals surface area (Å²) in [6.45, 7) is 6.24. The predicted molar refractivity (Wildman–Crippen MR) is 68.5 cm³/mol. The lowest BCUT2D eigenvalue weighted by Gasteiger charge is -2.04. The third-order valence-electron chi connectivity index (χ3n) is 2.64. The maximum Gasteiger partial charge on any atom is 0.313 e. The first-order valence-electron chi connectivity index (χ1n) is 6.79. The Morgan fingerprint density at radius 1 is 0.941 bits per heavy atom. The fourth-order valence-electron chi connectivity index (χ4n) is 1.51. The van der Waals surface area contributed by atoms with Crippen LogP contribution in [-0.2, 0) is 14.3 Å². The topological polar surface area (TPSA) is 43.4 Å². The summed E-state index contributed by atoms with van der Waals surface area (Å²) in [5.74, 6) is -0.279. The molecule has 3 nitrogen and oxygen atoms in total. The third-order valence-corrected chi connectivity index (χ3v) is 2.64. The van der Waals surface area contributed by atoms with Gasteiger partial charge in [0, 0.05) is 12.8 Å². The second kappa shape index (κ2) is 10.3. The highest BCUT2D eigenvalue weighted by Crippen LogP contribution is 2.08. The van der Waals surface area contributed by atoms with Crippen LogP contribution in [0.1, 0.15) is 72.1 Å². The van der Waals surface area contributed by atoms with Gasteiger partial charge in [-0.1, -0.05) is 46.5 Å². The minimum Gasteiger partial charge on any atom is -0.393 e. The van der Waals surface area contributed by atoms with E-state index < -0.39 is 0 Å². The van der Waals surface area contributed by atoms with Crippen molar-refractivity contribution in [3.05, 3.63) is 0 Å². The van der Waals surface area contributed by atoms with Crippen LogP contribution in [0.15, 0.2) is 0 Å². The first-order valence-corrected chi connectivity index (χ1v) is 6.79. The first-order chi connectivity index (χ1) is 8.06. The minimum absolute atomic E-state index is 0.346. The lowest BCUT2D eigenvalue weighted by atomic mass is 10.1. The zero-order valence-electron chi connectivity index (χ0n) is 11.5. The molecule has 0 N–H and O–H groups in total. The summed E-state index contributed by atoms with van der Waals surface area (Å²) < 4.78 is 4.73. The molecule has 0 atom stereocenters. The first kappa shape index (κ1) is 16.1. The molecule has 0 bridgehead atoms. The predicted octanol–water partition coefficient (Wildman–Crippen LogP) is 3.85. The average Bonchev–Trinajstić information content (AvgIpc) is 2.26. The molecule has 0 radical (unpaired) electrons. The number of carbonyl (C=O) groups is 2. The van der Waals surface area contributed by atoms with Crippen molar-refractivity contribution in [2.75, 3.05) is 0 Å². The Morgan fingerprint density at radius 3 is 2.12 bits per heavy atom. The SMILES string of the molecule is CCCCCCCC(=O)OC(=O)CCC(C)C. The number of carbonyl (C=O) groups excluding carboxylic acids is 2. The van der Waals surface area contributed by atoms with Gasteiger partial charge < -0.3 is 4.74 Å². The van der Waals surface area contributed by atoms with E-state index in [4.69, 9.17) is 4.74 Å². The van der Waals surface area contributed by atoms with Gasteiger partial charge in [0.1, 0.15) is 0 Å². The van der Waals surface area contributed by atoms with Crippen LogP contribution < -0.4 is 0 Å². The Hall–Kier alpha value is -0.860. The summed E-state index contributed by atoms with van der Waals surface area (Å²) in [5.41, 5.74) is 0. The molecule has 0 saturated heterocycles. The quantitative estimate of drug-likeness (QED) is 0.350. The van der Waals surface area contributed by atoms with E-state index in [1.54, 1.807) is 0 Å². The van der Waals surface area contributed by atoms with Crippen LogP contribution in [0, 0.1) is 5.92 Å². The summed E-state index contributed by atoms with van der Waals surface area (Å²) in [4.78, 5) is 22.5. The minimum atomic E-state index is -0.378. The molecule has 0 aromatic carbocycles. The van der Waals surface area contributed by atoms with E-state index in [9.17, 15) is 9.59 Å². The van der Waals surface area contributed by atoms with Gasteiger partial charge in [0.05, 0.1) is 0 Å². The van der Waals surface area contributed by atoms with Crippen molar-refractivity contribution in [2.45, 2.75) is 72.1 Å². The van der Waals surface area contributed by atoms with E-state index in [-0.39, 0.29) is 11.9 Å². The molecule has 0 aliphatic rings. The Balaban J connectivity index is 3.47. The molecule has 0 aliphatic carbocycles. The molecule has 3 heteroatoms. The monoisotopic (exact) mass is 242 g/mol. The highest BCUT2D eigenvalue weighted by Gasteiger charge is 2.10. The van der Waals surface area contributed by atoms with Gasteiger partial charge in [0.25, 0.3) is 0 Å². The largest absolute Gasteiger partial charge is 0.393 e. The molecule has 17 heavy (non-hydrogen) atoms. The van der Waals surface area contributed by atoms with Gasteiger partial charge in [-0.05, 0) is 18.8 Å². The number of esters is 2. The van der Waals surface area contributed by atoms with Crippen LogP contribution in [-0.4, -0.2) is 11.9 Å². The molecule has 0 aromatic heterocycles. The number of rotatable bonds is 9. The maximum atomic E-state index is 11.3. The van der Waals surface area contributed by atoms with Gasteiger partial charge >= 0.3 is 11.9 Å². The molecule has 100 valence electrons. The van der Waals surface area contributed by atoms with Gasteiger partial charge in [-0.25, -0.2) is 0 Å². The molecule has 0 aromatic rings. The van der Waals surface area contributed by atoms with E-state index in [1.807, 2.05) is 13.8 Å². The molecule has 0 aliphatic heterocycles. The van der Waals surface area contributed by atoms with Crippen LogP contribution in [0.2, 0.25) is 0 Å². The van der Waals surface area contributed by atoms with Crippen LogP contribution in [0.3, 0.4) is 0 Å². The van der Waals surface area contributed by atoms with Crippen LogP contribution in [0.5, 0.6) is 0 Å². The van der Waals surface area contributed by atoms with Crippen LogP contribution in [0.25, 0.3) is 0 Å². The van der Waals surface area contributed by atoms with Gasteiger partial charge in [-0.3, -0.25) is 9.59 Å². The van der Waals surface area contributed by atoms with Gasteiger partial charge in [0.15, 0.2) is 0 Å². The van der Waals surface area contributed by atoms with Crippen molar-refractivity contribution in [2.24, 2.45) is 5.92 Å². The van der Waals surface area contributed by atoms with Crippen molar-refractivity contribution in [3.8, 4) is 0 Å². The molecule has 0 fully saturated rings. The Bertz CT molecular complexity index is 222. The third kappa shape index (κ3) is 11.4. The number of hydrogen-bond donors (Lipinski definition) is 0. The summed E-state index contributed by atoms with van der Waals surface area (Å²) in [6, 6.07) is 0. The fraction of sp³-hybridized carbons (Fsp3) is 0.857. The van der Waals surface area contributed by atoms with E-state index in [2.05, 4.69) is 6.92 Å². The van der Waals surface area contributed by atoms with E-state index in [0.717, 1.165) is 25.7 Å². The summed E-state index contributed by atoms with van der Waals surface area (Å²) >= 11 is 0. The van der Waals surface area contributed by atoms with Crippen LogP contribution >= 0.6 is 0 Å². The van der Waals surface area contributed by atoms with Crippen molar-refractivity contribution < 1.29 is 14.3 Å². The average molecular weight is 242 g/mol. The fourth-order valence-corrected chi connectivity index (χ4v) is 1.51. The van der Waals surface area contributed by atoms with E-state index >= 15 is 0 Å². The highest BCUT2D eigenvalue weighted by molar-refractivity contribution is 5.85. The van der Waals surface area contributed by atoms with Gasteiger partial charge in [0.2, 0.25) is 0 Å². The molecule has 0 rings (SSSR count). The van der Waals surface area contributed by atoms with Crippen molar-refractivity contribution in [1.29, 1.82) is 0 Å². The molecule has 0 saturated carbocycles. The second-order valence-corrected chi connectivity index (χ2v) is 4.94. The Kier molecular flexibility index (Phi) is 9.78. The molecule has 0 amide bonds. The zero-order valence-corrected chi connectivity index (χ0v) is 11.5. The highest BCUT2D eigenvalue weighted by atomic mass is 16.6. The normalized spacial score (nSPS) is 10.6. The number of unbranched alkanes of at least 4 members (excludes halogenated alkanes) is 4. The van der Waals surface area contributed by atoms with Gasteiger partial charge in [-0.2, -0.15) is 0 Å². The smallest absolute Gasteiger partial charge is 0.313 e. The van der Waals surface area contributed by atoms with Gasteiger partial charge in [-0.15, -0.1) is 0 Å². The second-order valence-electron chi connectivity index (χ2n) is 4.94. The van der Waals surface area contributed by atoms with E-state index in [0.29, 0.717) is 18.8 Å². The molecular formula is C14H26O3. The summed E-state index contributed by atoms with van der Waals surface area (Å²) in [5, 5.41) is 0. The van der Waals surface area contributed by atoms with Crippen molar-refractivity contribution in [3.63, 3.8) is 0 Å². The Morgan fingerprint density at radius 2 is 1.53 bits per heavy atom. The molecule has 0 heterocycles. The molecule has 0 unspecified atom stereocenters. The zero-order chi connectivity index (χ0) is 13.1. The molecular weight excluding hydrogens is 216 g/mol. The molecule has 0 spiro atoms. The summed E-state index contributed by atoms with van der Waals surface area (Å²) in [6.07, 6.45) is 6.93. The maximum absolute atomic E-state index is 11.3. The van der Waals surface area contributed by atoms with E-state index in [1.165, 1.54) is 12.8 Å². The lowest BCUT2D eigenvalue weighted by Crippen LogP contribution is -2.12.